The predicted molar refractivity (Wildman–Crippen MR) is 79.9 cm³/mol. The maximum Gasteiger partial charge on any atom is 0.276 e. The quantitative estimate of drug-likeness (QED) is 0.864. The van der Waals surface area contributed by atoms with E-state index < -0.39 is 0 Å². The van der Waals surface area contributed by atoms with E-state index in [1.165, 1.54) is 6.07 Å². The van der Waals surface area contributed by atoms with Crippen LogP contribution in [-0.2, 0) is 6.42 Å². The number of aromatic nitrogens is 1. The summed E-state index contributed by atoms with van der Waals surface area (Å²) in [5, 5.41) is 3.87. The second kappa shape index (κ2) is 6.30. The van der Waals surface area contributed by atoms with Gasteiger partial charge in [-0.05, 0) is 25.3 Å². The molecule has 3 rings (SSSR count). The summed E-state index contributed by atoms with van der Waals surface area (Å²) in [5.41, 5.74) is 0.886. The Labute approximate surface area is 128 Å². The number of benzene rings is 1. The number of likely N-dealkylation sites (tertiary alicyclic amines) is 1. The number of nitrogens with zero attached hydrogens (tertiary/aromatic N) is 2. The molecule has 1 fully saturated rings. The van der Waals surface area contributed by atoms with Crippen molar-refractivity contribution in [1.82, 2.24) is 10.1 Å². The van der Waals surface area contributed by atoms with E-state index in [0.717, 1.165) is 25.7 Å². The molecule has 2 aromatic rings. The molecule has 1 aromatic carbocycles. The van der Waals surface area contributed by atoms with Crippen molar-refractivity contribution in [2.75, 3.05) is 6.54 Å². The van der Waals surface area contributed by atoms with E-state index in [1.54, 1.807) is 29.2 Å². The Morgan fingerprint density at radius 1 is 1.45 bits per heavy atom. The van der Waals surface area contributed by atoms with Gasteiger partial charge in [-0.3, -0.25) is 4.79 Å². The molecule has 5 heteroatoms. The first-order chi connectivity index (χ1) is 10.7. The molecule has 1 saturated heterocycles. The monoisotopic (exact) mass is 302 g/mol. The summed E-state index contributed by atoms with van der Waals surface area (Å²) in [4.78, 5) is 14.3. The lowest BCUT2D eigenvalue weighted by Gasteiger charge is -2.24. The summed E-state index contributed by atoms with van der Waals surface area (Å²) in [6, 6.07) is 8.12. The van der Waals surface area contributed by atoms with Crippen LogP contribution in [0.1, 0.15) is 54.0 Å². The number of hydrogen-bond donors (Lipinski definition) is 0. The van der Waals surface area contributed by atoms with Gasteiger partial charge in [0, 0.05) is 24.6 Å². The molecular formula is C17H19FN2O2. The van der Waals surface area contributed by atoms with Crippen LogP contribution in [0, 0.1) is 5.82 Å². The molecule has 1 aromatic heterocycles. The maximum atomic E-state index is 14.0. The minimum atomic E-state index is -0.265. The van der Waals surface area contributed by atoms with Gasteiger partial charge in [0.25, 0.3) is 5.91 Å². The van der Waals surface area contributed by atoms with Crippen LogP contribution in [0.2, 0.25) is 0 Å². The number of rotatable bonds is 4. The van der Waals surface area contributed by atoms with Gasteiger partial charge in [0.1, 0.15) is 11.6 Å². The highest BCUT2D eigenvalue weighted by Crippen LogP contribution is 2.34. The van der Waals surface area contributed by atoms with Crippen molar-refractivity contribution in [2.24, 2.45) is 0 Å². The van der Waals surface area contributed by atoms with Crippen LogP contribution < -0.4 is 0 Å². The average molecular weight is 302 g/mol. The summed E-state index contributed by atoms with van der Waals surface area (Å²) in [6.45, 7) is 2.66. The summed E-state index contributed by atoms with van der Waals surface area (Å²) in [6.07, 6.45) is 3.33. The molecule has 1 amide bonds. The molecule has 0 saturated carbocycles. The van der Waals surface area contributed by atoms with Gasteiger partial charge >= 0.3 is 0 Å². The Bertz CT molecular complexity index is 668. The van der Waals surface area contributed by atoms with Gasteiger partial charge in [0.05, 0.1) is 6.04 Å². The molecule has 1 aliphatic heterocycles. The highest BCUT2D eigenvalue weighted by Gasteiger charge is 2.33. The Morgan fingerprint density at radius 2 is 2.27 bits per heavy atom. The van der Waals surface area contributed by atoms with Gasteiger partial charge in [0.15, 0.2) is 5.69 Å². The van der Waals surface area contributed by atoms with Gasteiger partial charge in [-0.2, -0.15) is 0 Å². The molecule has 2 heterocycles. The van der Waals surface area contributed by atoms with E-state index in [9.17, 15) is 9.18 Å². The summed E-state index contributed by atoms with van der Waals surface area (Å²) >= 11 is 0. The fourth-order valence-corrected chi connectivity index (χ4v) is 3.00. The second-order valence-electron chi connectivity index (χ2n) is 5.61. The van der Waals surface area contributed by atoms with E-state index in [1.807, 2.05) is 6.92 Å². The molecule has 0 radical (unpaired) electrons. The first-order valence-electron chi connectivity index (χ1n) is 7.71. The van der Waals surface area contributed by atoms with Crippen LogP contribution in [0.4, 0.5) is 4.39 Å². The van der Waals surface area contributed by atoms with Crippen molar-refractivity contribution in [2.45, 2.75) is 38.6 Å². The number of hydrogen-bond acceptors (Lipinski definition) is 3. The molecule has 0 bridgehead atoms. The van der Waals surface area contributed by atoms with Crippen LogP contribution in [0.3, 0.4) is 0 Å². The molecule has 0 aliphatic carbocycles. The minimum absolute atomic E-state index is 0.183. The highest BCUT2D eigenvalue weighted by atomic mass is 19.1. The van der Waals surface area contributed by atoms with Gasteiger partial charge in [0.2, 0.25) is 0 Å². The van der Waals surface area contributed by atoms with E-state index in [0.29, 0.717) is 23.6 Å². The normalized spacial score (nSPS) is 17.9. The third-order valence-corrected chi connectivity index (χ3v) is 4.05. The van der Waals surface area contributed by atoms with E-state index >= 15 is 0 Å². The van der Waals surface area contributed by atoms with Crippen molar-refractivity contribution < 1.29 is 13.7 Å². The predicted octanol–water partition coefficient (Wildman–Crippen LogP) is 3.74. The number of carbonyl (C=O) groups is 1. The minimum Gasteiger partial charge on any atom is -0.361 e. The van der Waals surface area contributed by atoms with Crippen LogP contribution in [0.15, 0.2) is 34.9 Å². The fraction of sp³-hybridized carbons (Fsp3) is 0.412. The van der Waals surface area contributed by atoms with E-state index in [-0.39, 0.29) is 17.8 Å². The first-order valence-corrected chi connectivity index (χ1v) is 7.71. The van der Waals surface area contributed by atoms with Gasteiger partial charge in [-0.15, -0.1) is 0 Å². The largest absolute Gasteiger partial charge is 0.361 e. The van der Waals surface area contributed by atoms with Crippen LogP contribution in [0.5, 0.6) is 0 Å². The Morgan fingerprint density at radius 3 is 3.05 bits per heavy atom. The third kappa shape index (κ3) is 2.75. The lowest BCUT2D eigenvalue weighted by molar-refractivity contribution is 0.0723. The summed E-state index contributed by atoms with van der Waals surface area (Å²) < 4.78 is 19.2. The number of aryl methyl sites for hydroxylation is 1. The van der Waals surface area contributed by atoms with Crippen molar-refractivity contribution >= 4 is 5.91 Å². The number of carbonyl (C=O) groups excluding carboxylic acids is 1. The molecule has 1 aliphatic rings. The molecule has 0 spiro atoms. The average Bonchev–Trinajstić information content (AvgIpc) is 3.16. The Balaban J connectivity index is 1.83. The van der Waals surface area contributed by atoms with E-state index in [2.05, 4.69) is 5.16 Å². The highest BCUT2D eigenvalue weighted by molar-refractivity contribution is 5.92. The SMILES string of the molecule is CCCc1cc(C(=O)N2CCCC2c2ccccc2F)no1. The maximum absolute atomic E-state index is 14.0. The van der Waals surface area contributed by atoms with Gasteiger partial charge < -0.3 is 9.42 Å². The number of amides is 1. The second-order valence-corrected chi connectivity index (χ2v) is 5.61. The van der Waals surface area contributed by atoms with Crippen molar-refractivity contribution in [3.8, 4) is 0 Å². The smallest absolute Gasteiger partial charge is 0.276 e. The lowest BCUT2D eigenvalue weighted by Crippen LogP contribution is -2.31. The zero-order valence-corrected chi connectivity index (χ0v) is 12.6. The molecule has 1 unspecified atom stereocenters. The van der Waals surface area contributed by atoms with Crippen LogP contribution in [0.25, 0.3) is 0 Å². The van der Waals surface area contributed by atoms with Gasteiger partial charge in [-0.1, -0.05) is 30.3 Å². The molecule has 4 nitrogen and oxygen atoms in total. The van der Waals surface area contributed by atoms with Crippen LogP contribution >= 0.6 is 0 Å². The third-order valence-electron chi connectivity index (χ3n) is 4.05. The summed E-state index contributed by atoms with van der Waals surface area (Å²) in [5.74, 6) is 0.267. The lowest BCUT2D eigenvalue weighted by atomic mass is 10.0. The molecule has 1 atom stereocenters. The van der Waals surface area contributed by atoms with Crippen molar-refractivity contribution in [1.29, 1.82) is 0 Å². The Kier molecular flexibility index (Phi) is 4.22. The van der Waals surface area contributed by atoms with Crippen molar-refractivity contribution in [3.63, 3.8) is 0 Å². The fourth-order valence-electron chi connectivity index (χ4n) is 3.00. The Hall–Kier alpha value is -2.17. The molecule has 0 N–H and O–H groups in total. The standard InChI is InChI=1S/C17H19FN2O2/c1-2-6-12-11-15(19-22-12)17(21)20-10-5-9-16(20)13-7-3-4-8-14(13)18/h3-4,7-8,11,16H,2,5-6,9-10H2,1H3. The zero-order chi connectivity index (χ0) is 15.5. The molecule has 116 valence electrons. The van der Waals surface area contributed by atoms with Crippen LogP contribution in [-0.4, -0.2) is 22.5 Å². The first kappa shape index (κ1) is 14.8. The summed E-state index contributed by atoms with van der Waals surface area (Å²) in [7, 11) is 0. The molecule has 22 heavy (non-hydrogen) atoms. The van der Waals surface area contributed by atoms with Crippen molar-refractivity contribution in [3.05, 3.63) is 53.2 Å². The topological polar surface area (TPSA) is 46.3 Å². The van der Waals surface area contributed by atoms with E-state index in [4.69, 9.17) is 4.52 Å². The number of halogens is 1. The zero-order valence-electron chi connectivity index (χ0n) is 12.6. The van der Waals surface area contributed by atoms with Gasteiger partial charge in [-0.25, -0.2) is 4.39 Å². The molecular weight excluding hydrogens is 283 g/mol.